The molecule has 6 heteroatoms. The fourth-order valence-electron chi connectivity index (χ4n) is 1.37. The molecule has 17 heavy (non-hydrogen) atoms. The number of furan rings is 1. The number of nitrogens with one attached hydrogen (secondary N) is 1. The van der Waals surface area contributed by atoms with Gasteiger partial charge in [-0.2, -0.15) is 0 Å². The standard InChI is InChI=1S/C11H12N2O3S/c12-13-11(14)10-8(3-5-17-10)6-15-7-9-2-1-4-16-9/h1-5H,6-7,12H2,(H,13,14). The van der Waals surface area contributed by atoms with Gasteiger partial charge in [0.05, 0.1) is 17.7 Å². The van der Waals surface area contributed by atoms with Gasteiger partial charge in [0.1, 0.15) is 12.4 Å². The van der Waals surface area contributed by atoms with Crippen molar-refractivity contribution in [2.24, 2.45) is 5.84 Å². The molecule has 0 fully saturated rings. The van der Waals surface area contributed by atoms with E-state index in [1.165, 1.54) is 11.3 Å². The molecule has 0 saturated carbocycles. The predicted molar refractivity (Wildman–Crippen MR) is 63.2 cm³/mol. The number of thiophene rings is 1. The third-order valence-electron chi connectivity index (χ3n) is 2.17. The van der Waals surface area contributed by atoms with E-state index in [0.717, 1.165) is 11.3 Å². The Morgan fingerprint density at radius 2 is 2.35 bits per heavy atom. The second-order valence-electron chi connectivity index (χ2n) is 3.32. The highest BCUT2D eigenvalue weighted by Crippen LogP contribution is 2.18. The van der Waals surface area contributed by atoms with Crippen molar-refractivity contribution >= 4 is 17.2 Å². The first-order valence-electron chi connectivity index (χ1n) is 4.98. The lowest BCUT2D eigenvalue weighted by Crippen LogP contribution is -2.30. The van der Waals surface area contributed by atoms with E-state index in [1.54, 1.807) is 12.3 Å². The number of amides is 1. The van der Waals surface area contributed by atoms with Gasteiger partial charge in [-0.1, -0.05) is 0 Å². The van der Waals surface area contributed by atoms with Gasteiger partial charge in [0.2, 0.25) is 0 Å². The van der Waals surface area contributed by atoms with Crippen molar-refractivity contribution in [1.29, 1.82) is 0 Å². The molecule has 1 amide bonds. The molecule has 0 aliphatic heterocycles. The Hall–Kier alpha value is -1.63. The maximum Gasteiger partial charge on any atom is 0.275 e. The van der Waals surface area contributed by atoms with Crippen LogP contribution in [0, 0.1) is 0 Å². The van der Waals surface area contributed by atoms with Crippen LogP contribution < -0.4 is 11.3 Å². The van der Waals surface area contributed by atoms with Gasteiger partial charge in [-0.05, 0) is 23.6 Å². The van der Waals surface area contributed by atoms with E-state index in [0.29, 0.717) is 18.1 Å². The summed E-state index contributed by atoms with van der Waals surface area (Å²) in [6.45, 7) is 0.736. The van der Waals surface area contributed by atoms with Crippen LogP contribution >= 0.6 is 11.3 Å². The summed E-state index contributed by atoms with van der Waals surface area (Å²) in [5.74, 6) is 5.55. The molecular formula is C11H12N2O3S. The van der Waals surface area contributed by atoms with Crippen molar-refractivity contribution in [2.45, 2.75) is 13.2 Å². The van der Waals surface area contributed by atoms with Gasteiger partial charge >= 0.3 is 0 Å². The van der Waals surface area contributed by atoms with Crippen LogP contribution in [0.5, 0.6) is 0 Å². The van der Waals surface area contributed by atoms with E-state index < -0.39 is 0 Å². The number of carbonyl (C=O) groups is 1. The summed E-state index contributed by atoms with van der Waals surface area (Å²) < 4.78 is 10.6. The van der Waals surface area contributed by atoms with Crippen LogP contribution in [0.15, 0.2) is 34.3 Å². The van der Waals surface area contributed by atoms with E-state index in [9.17, 15) is 4.79 Å². The van der Waals surface area contributed by atoms with Crippen molar-refractivity contribution in [3.8, 4) is 0 Å². The molecule has 0 bridgehead atoms. The smallest absolute Gasteiger partial charge is 0.275 e. The average molecular weight is 252 g/mol. The van der Waals surface area contributed by atoms with Gasteiger partial charge in [-0.25, -0.2) is 5.84 Å². The number of hydrogen-bond acceptors (Lipinski definition) is 5. The lowest BCUT2D eigenvalue weighted by atomic mass is 10.2. The zero-order valence-electron chi connectivity index (χ0n) is 9.01. The number of hydrogen-bond donors (Lipinski definition) is 2. The summed E-state index contributed by atoms with van der Waals surface area (Å²) in [4.78, 5) is 12.0. The first kappa shape index (κ1) is 11.8. The summed E-state index contributed by atoms with van der Waals surface area (Å²) in [6, 6.07) is 5.48. The molecule has 0 radical (unpaired) electrons. The Balaban J connectivity index is 1.91. The Kier molecular flexibility index (Phi) is 3.92. The first-order valence-corrected chi connectivity index (χ1v) is 5.86. The molecule has 2 rings (SSSR count). The SMILES string of the molecule is NNC(=O)c1sccc1COCc1ccco1. The van der Waals surface area contributed by atoms with E-state index in [2.05, 4.69) is 5.43 Å². The number of nitrogen functional groups attached to an aromatic ring is 1. The van der Waals surface area contributed by atoms with Crippen molar-refractivity contribution in [2.75, 3.05) is 0 Å². The average Bonchev–Trinajstić information content (AvgIpc) is 2.99. The molecule has 0 spiro atoms. The molecule has 0 aliphatic carbocycles. The zero-order chi connectivity index (χ0) is 12.1. The van der Waals surface area contributed by atoms with Gasteiger partial charge in [-0.15, -0.1) is 11.3 Å². The molecule has 0 atom stereocenters. The second-order valence-corrected chi connectivity index (χ2v) is 4.24. The number of carbonyl (C=O) groups excluding carboxylic acids is 1. The monoisotopic (exact) mass is 252 g/mol. The highest BCUT2D eigenvalue weighted by molar-refractivity contribution is 7.12. The maximum absolute atomic E-state index is 11.4. The number of ether oxygens (including phenoxy) is 1. The number of nitrogens with two attached hydrogens (primary N) is 1. The zero-order valence-corrected chi connectivity index (χ0v) is 9.83. The van der Waals surface area contributed by atoms with Crippen LogP contribution in [-0.4, -0.2) is 5.91 Å². The maximum atomic E-state index is 11.4. The van der Waals surface area contributed by atoms with E-state index in [4.69, 9.17) is 15.0 Å². The van der Waals surface area contributed by atoms with Crippen LogP contribution in [0.4, 0.5) is 0 Å². The normalized spacial score (nSPS) is 10.4. The fourth-order valence-corrected chi connectivity index (χ4v) is 2.18. The Labute approximate surface area is 102 Å². The lowest BCUT2D eigenvalue weighted by Gasteiger charge is -2.03. The van der Waals surface area contributed by atoms with E-state index >= 15 is 0 Å². The lowest BCUT2D eigenvalue weighted by molar-refractivity contribution is 0.0888. The van der Waals surface area contributed by atoms with E-state index in [1.807, 2.05) is 17.5 Å². The van der Waals surface area contributed by atoms with Crippen molar-refractivity contribution in [3.63, 3.8) is 0 Å². The molecule has 2 aromatic heterocycles. The van der Waals surface area contributed by atoms with Crippen molar-refractivity contribution in [1.82, 2.24) is 5.43 Å². The van der Waals surface area contributed by atoms with Crippen LogP contribution in [0.1, 0.15) is 21.0 Å². The summed E-state index contributed by atoms with van der Waals surface area (Å²) >= 11 is 1.33. The van der Waals surface area contributed by atoms with Gasteiger partial charge in [0, 0.05) is 5.56 Å². The second kappa shape index (κ2) is 5.62. The highest BCUT2D eigenvalue weighted by Gasteiger charge is 2.11. The summed E-state index contributed by atoms with van der Waals surface area (Å²) in [5, 5.41) is 1.83. The predicted octanol–water partition coefficient (Wildman–Crippen LogP) is 1.66. The Morgan fingerprint density at radius 1 is 1.47 bits per heavy atom. The van der Waals surface area contributed by atoms with Crippen molar-refractivity contribution in [3.05, 3.63) is 46.0 Å². The third kappa shape index (κ3) is 2.94. The van der Waals surface area contributed by atoms with Crippen molar-refractivity contribution < 1.29 is 13.9 Å². The van der Waals surface area contributed by atoms with Crippen LogP contribution in [-0.2, 0) is 18.0 Å². The molecular weight excluding hydrogens is 240 g/mol. The molecule has 3 N–H and O–H groups in total. The highest BCUT2D eigenvalue weighted by atomic mass is 32.1. The Morgan fingerprint density at radius 3 is 3.06 bits per heavy atom. The molecule has 90 valence electrons. The Bertz CT molecular complexity index is 479. The van der Waals surface area contributed by atoms with E-state index in [-0.39, 0.29) is 5.91 Å². The van der Waals surface area contributed by atoms with Crippen LogP contribution in [0.3, 0.4) is 0 Å². The molecule has 2 heterocycles. The topological polar surface area (TPSA) is 77.5 Å². The summed E-state index contributed by atoms with van der Waals surface area (Å²) in [7, 11) is 0. The van der Waals surface area contributed by atoms with Gasteiger partial charge < -0.3 is 9.15 Å². The first-order chi connectivity index (χ1) is 8.31. The third-order valence-corrected chi connectivity index (χ3v) is 3.12. The molecule has 2 aromatic rings. The molecule has 0 unspecified atom stereocenters. The van der Waals surface area contributed by atoms with Crippen LogP contribution in [0.25, 0.3) is 0 Å². The number of hydrazine groups is 1. The summed E-state index contributed by atoms with van der Waals surface area (Å²) in [5.41, 5.74) is 2.93. The minimum atomic E-state index is -0.295. The van der Waals surface area contributed by atoms with Gasteiger partial charge in [0.25, 0.3) is 5.91 Å². The molecule has 0 aliphatic rings. The minimum absolute atomic E-state index is 0.295. The summed E-state index contributed by atoms with van der Waals surface area (Å²) in [6.07, 6.45) is 1.59. The van der Waals surface area contributed by atoms with Gasteiger partial charge in [-0.3, -0.25) is 10.2 Å². The molecule has 0 saturated heterocycles. The fraction of sp³-hybridized carbons (Fsp3) is 0.182. The molecule has 5 nitrogen and oxygen atoms in total. The quantitative estimate of drug-likeness (QED) is 0.482. The largest absolute Gasteiger partial charge is 0.467 e. The minimum Gasteiger partial charge on any atom is -0.467 e. The molecule has 0 aromatic carbocycles. The number of rotatable bonds is 5. The van der Waals surface area contributed by atoms with Crippen LogP contribution in [0.2, 0.25) is 0 Å². The van der Waals surface area contributed by atoms with Gasteiger partial charge in [0.15, 0.2) is 0 Å².